The van der Waals surface area contributed by atoms with Gasteiger partial charge >= 0.3 is 18.4 Å². The number of rotatable bonds is 5. The van der Waals surface area contributed by atoms with Gasteiger partial charge in [-0.1, -0.05) is 36.4 Å². The summed E-state index contributed by atoms with van der Waals surface area (Å²) < 4.78 is 78.3. The first-order chi connectivity index (χ1) is 15.4. The molecule has 1 aliphatic rings. The van der Waals surface area contributed by atoms with Gasteiger partial charge in [0, 0.05) is 31.4 Å². The van der Waals surface area contributed by atoms with Gasteiger partial charge in [-0.3, -0.25) is 4.90 Å². The minimum Gasteiger partial charge on any atom is -0.317 e. The Morgan fingerprint density at radius 1 is 1.03 bits per heavy atom. The van der Waals surface area contributed by atoms with Gasteiger partial charge in [-0.2, -0.15) is 26.3 Å². The normalized spacial score (nSPS) is 16.9. The van der Waals surface area contributed by atoms with Crippen molar-refractivity contribution in [1.82, 2.24) is 9.80 Å². The average molecular weight is 473 g/mol. The van der Waals surface area contributed by atoms with Crippen LogP contribution in [-0.4, -0.2) is 47.2 Å². The zero-order valence-electron chi connectivity index (χ0n) is 18.0. The lowest BCUT2D eigenvalue weighted by atomic mass is 10.0. The van der Waals surface area contributed by atoms with Crippen LogP contribution < -0.4 is 5.32 Å². The Bertz CT molecular complexity index is 924. The summed E-state index contributed by atoms with van der Waals surface area (Å²) in [6, 6.07) is 10.8. The predicted molar refractivity (Wildman–Crippen MR) is 113 cm³/mol. The molecule has 10 heteroatoms. The Balaban J connectivity index is 1.76. The van der Waals surface area contributed by atoms with E-state index < -0.39 is 30.0 Å². The van der Waals surface area contributed by atoms with Gasteiger partial charge in [0.25, 0.3) is 0 Å². The Kier molecular flexibility index (Phi) is 7.56. The third kappa shape index (κ3) is 6.63. The zero-order chi connectivity index (χ0) is 24.2. The number of hydrogen-bond donors (Lipinski definition) is 1. The summed E-state index contributed by atoms with van der Waals surface area (Å²) in [6.07, 6.45) is -8.24. The first kappa shape index (κ1) is 24.9. The van der Waals surface area contributed by atoms with Crippen LogP contribution in [0.5, 0.6) is 0 Å². The number of carbonyl (C=O) groups excluding carboxylic acids is 1. The van der Waals surface area contributed by atoms with Gasteiger partial charge in [0.15, 0.2) is 0 Å². The monoisotopic (exact) mass is 473 g/mol. The van der Waals surface area contributed by atoms with Crippen LogP contribution in [0.25, 0.3) is 0 Å². The molecule has 1 unspecified atom stereocenters. The number of piperidine rings is 1. The minimum atomic E-state index is -4.55. The van der Waals surface area contributed by atoms with Crippen LogP contribution in [0.15, 0.2) is 54.6 Å². The third-order valence-corrected chi connectivity index (χ3v) is 5.86. The molecule has 1 fully saturated rings. The van der Waals surface area contributed by atoms with Gasteiger partial charge < -0.3 is 10.2 Å². The molecule has 0 radical (unpaired) electrons. The van der Waals surface area contributed by atoms with Crippen LogP contribution in [-0.2, 0) is 12.7 Å². The standard InChI is InChI=1S/C23H25F6N3O/c1-16(22(24,25)26)31-12-10-20(11-13-31)32(15-17-6-3-2-4-7-17)21(33)30-19-9-5-8-18(14-19)23(27,28)29/h2-9,14,16,20H,10-13,15H2,1H3,(H,30,33). The highest BCUT2D eigenvalue weighted by Gasteiger charge is 2.42. The van der Waals surface area contributed by atoms with E-state index in [1.54, 1.807) is 12.1 Å². The molecule has 0 aromatic heterocycles. The van der Waals surface area contributed by atoms with E-state index in [4.69, 9.17) is 0 Å². The molecule has 0 saturated carbocycles. The second kappa shape index (κ2) is 10.0. The lowest BCUT2D eigenvalue weighted by Crippen LogP contribution is -2.52. The summed E-state index contributed by atoms with van der Waals surface area (Å²) in [5.41, 5.74) is -0.0804. The maximum Gasteiger partial charge on any atom is 0.416 e. The molecule has 1 saturated heterocycles. The molecule has 0 spiro atoms. The van der Waals surface area contributed by atoms with Gasteiger partial charge in [0.05, 0.1) is 5.56 Å². The van der Waals surface area contributed by atoms with Crippen molar-refractivity contribution in [2.45, 2.75) is 50.7 Å². The number of nitrogens with one attached hydrogen (secondary N) is 1. The van der Waals surface area contributed by atoms with Crippen molar-refractivity contribution >= 4 is 11.7 Å². The van der Waals surface area contributed by atoms with Gasteiger partial charge in [0.2, 0.25) is 0 Å². The highest BCUT2D eigenvalue weighted by atomic mass is 19.4. The molecule has 0 bridgehead atoms. The molecule has 1 heterocycles. The van der Waals surface area contributed by atoms with E-state index in [1.165, 1.54) is 21.9 Å². The summed E-state index contributed by atoms with van der Waals surface area (Å²) in [6.45, 7) is 1.62. The van der Waals surface area contributed by atoms with Crippen molar-refractivity contribution in [2.24, 2.45) is 0 Å². The Morgan fingerprint density at radius 3 is 2.24 bits per heavy atom. The maximum absolute atomic E-state index is 13.1. The molecule has 1 aliphatic heterocycles. The van der Waals surface area contributed by atoms with Crippen LogP contribution >= 0.6 is 0 Å². The van der Waals surface area contributed by atoms with E-state index in [0.717, 1.165) is 24.6 Å². The molecule has 33 heavy (non-hydrogen) atoms. The Morgan fingerprint density at radius 2 is 1.67 bits per heavy atom. The first-order valence-electron chi connectivity index (χ1n) is 10.5. The fraction of sp³-hybridized carbons (Fsp3) is 0.435. The van der Waals surface area contributed by atoms with E-state index in [9.17, 15) is 31.1 Å². The molecule has 2 aromatic rings. The molecule has 2 amide bonds. The summed E-state index contributed by atoms with van der Waals surface area (Å²) in [5, 5.41) is 2.52. The number of nitrogens with zero attached hydrogens (tertiary/aromatic N) is 2. The highest BCUT2D eigenvalue weighted by Crippen LogP contribution is 2.31. The van der Waals surface area contributed by atoms with Crippen LogP contribution in [0.4, 0.5) is 36.8 Å². The summed E-state index contributed by atoms with van der Waals surface area (Å²) >= 11 is 0. The second-order valence-electron chi connectivity index (χ2n) is 8.11. The minimum absolute atomic E-state index is 0.00369. The molecule has 4 nitrogen and oxygen atoms in total. The van der Waals surface area contributed by atoms with Crippen molar-refractivity contribution in [3.63, 3.8) is 0 Å². The van der Waals surface area contributed by atoms with E-state index in [1.807, 2.05) is 18.2 Å². The number of carbonyl (C=O) groups is 1. The number of benzene rings is 2. The number of anilines is 1. The number of urea groups is 1. The number of halogens is 6. The molecule has 180 valence electrons. The number of alkyl halides is 6. The van der Waals surface area contributed by atoms with E-state index in [2.05, 4.69) is 5.32 Å². The summed E-state index contributed by atoms with van der Waals surface area (Å²) in [5.74, 6) is 0. The SMILES string of the molecule is CC(N1CCC(N(Cc2ccccc2)C(=O)Nc2cccc(C(F)(F)F)c2)CC1)C(F)(F)F. The maximum atomic E-state index is 13.1. The van der Waals surface area contributed by atoms with Crippen molar-refractivity contribution < 1.29 is 31.1 Å². The van der Waals surface area contributed by atoms with E-state index in [0.29, 0.717) is 12.8 Å². The van der Waals surface area contributed by atoms with Gasteiger partial charge in [-0.05, 0) is 43.5 Å². The lowest BCUT2D eigenvalue weighted by Gasteiger charge is -2.41. The fourth-order valence-electron chi connectivity index (χ4n) is 3.91. The van der Waals surface area contributed by atoms with Crippen molar-refractivity contribution in [1.29, 1.82) is 0 Å². The van der Waals surface area contributed by atoms with Crippen LogP contribution in [0, 0.1) is 0 Å². The lowest BCUT2D eigenvalue weighted by molar-refractivity contribution is -0.182. The fourth-order valence-corrected chi connectivity index (χ4v) is 3.91. The largest absolute Gasteiger partial charge is 0.416 e. The smallest absolute Gasteiger partial charge is 0.317 e. The van der Waals surface area contributed by atoms with Crippen molar-refractivity contribution in [3.8, 4) is 0 Å². The zero-order valence-corrected chi connectivity index (χ0v) is 18.0. The van der Waals surface area contributed by atoms with Gasteiger partial charge in [0.1, 0.15) is 6.04 Å². The van der Waals surface area contributed by atoms with Crippen LogP contribution in [0.3, 0.4) is 0 Å². The van der Waals surface area contributed by atoms with Crippen molar-refractivity contribution in [2.75, 3.05) is 18.4 Å². The summed E-state index contributed by atoms with van der Waals surface area (Å²) in [7, 11) is 0. The quantitative estimate of drug-likeness (QED) is 0.529. The average Bonchev–Trinajstić information content (AvgIpc) is 2.77. The summed E-state index contributed by atoms with van der Waals surface area (Å²) in [4.78, 5) is 15.9. The predicted octanol–water partition coefficient (Wildman–Crippen LogP) is 6.15. The molecule has 3 rings (SSSR count). The Labute approximate surface area is 188 Å². The molecular weight excluding hydrogens is 448 g/mol. The van der Waals surface area contributed by atoms with Gasteiger partial charge in [-0.25, -0.2) is 4.79 Å². The molecule has 1 atom stereocenters. The van der Waals surface area contributed by atoms with E-state index >= 15 is 0 Å². The van der Waals surface area contributed by atoms with E-state index in [-0.39, 0.29) is 31.4 Å². The molecular formula is C23H25F6N3O. The molecule has 1 N–H and O–H groups in total. The van der Waals surface area contributed by atoms with Crippen LogP contribution in [0.2, 0.25) is 0 Å². The third-order valence-electron chi connectivity index (χ3n) is 5.86. The molecule has 2 aromatic carbocycles. The highest BCUT2D eigenvalue weighted by molar-refractivity contribution is 5.89. The van der Waals surface area contributed by atoms with Crippen molar-refractivity contribution in [3.05, 3.63) is 65.7 Å². The Hall–Kier alpha value is -2.75. The van der Waals surface area contributed by atoms with Crippen LogP contribution in [0.1, 0.15) is 30.9 Å². The topological polar surface area (TPSA) is 35.6 Å². The number of amides is 2. The number of likely N-dealkylation sites (tertiary alicyclic amines) is 1. The molecule has 0 aliphatic carbocycles. The second-order valence-corrected chi connectivity index (χ2v) is 8.11. The van der Waals surface area contributed by atoms with Gasteiger partial charge in [-0.15, -0.1) is 0 Å². The first-order valence-corrected chi connectivity index (χ1v) is 10.5. The number of hydrogen-bond acceptors (Lipinski definition) is 2.